The highest BCUT2D eigenvalue weighted by molar-refractivity contribution is 6.33. The van der Waals surface area contributed by atoms with Gasteiger partial charge in [0.05, 0.1) is 27.3 Å². The molecule has 1 heterocycles. The lowest BCUT2D eigenvalue weighted by molar-refractivity contribution is -0.137. The maximum atomic E-state index is 12.8. The van der Waals surface area contributed by atoms with Crippen LogP contribution in [0.15, 0.2) is 42.5 Å². The third-order valence-corrected chi connectivity index (χ3v) is 3.77. The van der Waals surface area contributed by atoms with Crippen molar-refractivity contribution in [1.82, 2.24) is 5.06 Å². The zero-order valence-corrected chi connectivity index (χ0v) is 12.9. The van der Waals surface area contributed by atoms with Crippen LogP contribution in [0.1, 0.15) is 36.6 Å². The molecule has 2 amide bonds. The number of amides is 2. The summed E-state index contributed by atoms with van der Waals surface area (Å²) in [4.78, 5) is 41.0. The van der Waals surface area contributed by atoms with Gasteiger partial charge in [0.2, 0.25) is 0 Å². The smallest absolute Gasteiger partial charge is 0.324 e. The summed E-state index contributed by atoms with van der Waals surface area (Å²) in [5.41, 5.74) is -1.69. The zero-order chi connectivity index (χ0) is 18.4. The van der Waals surface area contributed by atoms with Crippen LogP contribution in [0, 0.1) is 0 Å². The van der Waals surface area contributed by atoms with Crippen molar-refractivity contribution >= 4 is 29.4 Å². The molecule has 3 rings (SSSR count). The van der Waals surface area contributed by atoms with Crippen LogP contribution in [0.5, 0.6) is 0 Å². The molecule has 0 N–H and O–H groups in total. The van der Waals surface area contributed by atoms with E-state index in [4.69, 9.17) is 16.4 Å². The van der Waals surface area contributed by atoms with Crippen molar-refractivity contribution in [2.75, 3.05) is 0 Å². The van der Waals surface area contributed by atoms with Crippen LogP contribution in [0.2, 0.25) is 5.02 Å². The fourth-order valence-corrected chi connectivity index (χ4v) is 2.43. The van der Waals surface area contributed by atoms with E-state index < -0.39 is 35.1 Å². The summed E-state index contributed by atoms with van der Waals surface area (Å²) >= 11 is 5.73. The van der Waals surface area contributed by atoms with Gasteiger partial charge in [-0.1, -0.05) is 28.8 Å². The van der Waals surface area contributed by atoms with Crippen molar-refractivity contribution in [3.05, 3.63) is 69.7 Å². The van der Waals surface area contributed by atoms with Crippen molar-refractivity contribution in [3.63, 3.8) is 0 Å². The van der Waals surface area contributed by atoms with Gasteiger partial charge in [-0.05, 0) is 30.3 Å². The summed E-state index contributed by atoms with van der Waals surface area (Å²) in [6, 6.07) is 7.81. The van der Waals surface area contributed by atoms with Crippen molar-refractivity contribution in [3.8, 4) is 0 Å². The van der Waals surface area contributed by atoms with Gasteiger partial charge >= 0.3 is 12.1 Å². The van der Waals surface area contributed by atoms with Crippen LogP contribution >= 0.6 is 11.6 Å². The van der Waals surface area contributed by atoms with Crippen molar-refractivity contribution < 1.29 is 32.4 Å². The summed E-state index contributed by atoms with van der Waals surface area (Å²) in [6.45, 7) is 0. The van der Waals surface area contributed by atoms with Crippen LogP contribution in [0.3, 0.4) is 0 Å². The molecule has 0 saturated heterocycles. The Morgan fingerprint density at radius 2 is 1.56 bits per heavy atom. The number of hydrogen-bond acceptors (Lipinski definition) is 4. The van der Waals surface area contributed by atoms with Crippen LogP contribution in [0.4, 0.5) is 13.2 Å². The van der Waals surface area contributed by atoms with Gasteiger partial charge in [-0.25, -0.2) is 4.79 Å². The predicted octanol–water partition coefficient (Wildman–Crippen LogP) is 3.73. The molecule has 0 fully saturated rings. The molecule has 1 aliphatic heterocycles. The number of fused-ring (bicyclic) bond motifs is 1. The molecule has 0 radical (unpaired) electrons. The molecule has 0 aliphatic carbocycles. The van der Waals surface area contributed by atoms with E-state index in [2.05, 4.69) is 0 Å². The maximum Gasteiger partial charge on any atom is 0.416 e. The molecule has 25 heavy (non-hydrogen) atoms. The number of rotatable bonds is 2. The fourth-order valence-electron chi connectivity index (χ4n) is 2.24. The van der Waals surface area contributed by atoms with Crippen LogP contribution in [0.25, 0.3) is 0 Å². The number of carbonyl (C=O) groups excluding carboxylic acids is 3. The van der Waals surface area contributed by atoms with E-state index in [0.717, 1.165) is 6.07 Å². The largest absolute Gasteiger partial charge is 0.416 e. The molecular weight excluding hydrogens is 363 g/mol. The molecule has 0 aromatic heterocycles. The summed E-state index contributed by atoms with van der Waals surface area (Å²) in [5, 5.41) is -0.113. The standard InChI is InChI=1S/C16H7ClF3NO4/c17-12-6-5-8(16(18,19)20)7-11(12)15(24)25-21-13(22)9-3-1-2-4-10(9)14(21)23/h1-7H. The number of hydrogen-bond donors (Lipinski definition) is 0. The molecular formula is C16H7ClF3NO4. The minimum Gasteiger partial charge on any atom is -0.324 e. The summed E-state index contributed by atoms with van der Waals surface area (Å²) < 4.78 is 38.3. The SMILES string of the molecule is O=C(ON1C(=O)c2ccccc2C1=O)c1cc(C(F)(F)F)ccc1Cl. The van der Waals surface area contributed by atoms with Crippen molar-refractivity contribution in [1.29, 1.82) is 0 Å². The number of halogens is 4. The van der Waals surface area contributed by atoms with Gasteiger partial charge < -0.3 is 4.84 Å². The number of benzene rings is 2. The van der Waals surface area contributed by atoms with Gasteiger partial charge in [0.15, 0.2) is 0 Å². The Labute approximate surface area is 143 Å². The maximum absolute atomic E-state index is 12.8. The van der Waals surface area contributed by atoms with Crippen LogP contribution < -0.4 is 0 Å². The second-order valence-corrected chi connectivity index (χ2v) is 5.43. The minimum absolute atomic E-state index is 0.0236. The first-order chi connectivity index (χ1) is 11.7. The Hall–Kier alpha value is -2.87. The third-order valence-electron chi connectivity index (χ3n) is 3.44. The Morgan fingerprint density at radius 3 is 2.08 bits per heavy atom. The molecule has 2 aromatic rings. The van der Waals surface area contributed by atoms with Gasteiger partial charge in [-0.3, -0.25) is 9.59 Å². The molecule has 5 nitrogen and oxygen atoms in total. The Kier molecular flexibility index (Phi) is 4.00. The fraction of sp³-hybridized carbons (Fsp3) is 0.0625. The van der Waals surface area contributed by atoms with Crippen LogP contribution in [-0.4, -0.2) is 22.8 Å². The lowest BCUT2D eigenvalue weighted by atomic mass is 10.1. The first-order valence-corrected chi connectivity index (χ1v) is 7.15. The van der Waals surface area contributed by atoms with Crippen LogP contribution in [-0.2, 0) is 11.0 Å². The molecule has 0 atom stereocenters. The molecule has 0 spiro atoms. The molecule has 128 valence electrons. The topological polar surface area (TPSA) is 63.7 Å². The second-order valence-electron chi connectivity index (χ2n) is 5.02. The monoisotopic (exact) mass is 369 g/mol. The summed E-state index contributed by atoms with van der Waals surface area (Å²) in [7, 11) is 0. The highest BCUT2D eigenvalue weighted by Gasteiger charge is 2.39. The quantitative estimate of drug-likeness (QED) is 0.757. The predicted molar refractivity (Wildman–Crippen MR) is 78.8 cm³/mol. The number of nitrogens with zero attached hydrogens (tertiary/aromatic N) is 1. The Morgan fingerprint density at radius 1 is 1.00 bits per heavy atom. The Bertz CT molecular complexity index is 875. The number of imide groups is 1. The molecule has 0 unspecified atom stereocenters. The second kappa shape index (κ2) is 5.89. The molecule has 2 aromatic carbocycles. The Balaban J connectivity index is 1.89. The average molecular weight is 370 g/mol. The minimum atomic E-state index is -4.70. The lowest BCUT2D eigenvalue weighted by Gasteiger charge is -2.14. The highest BCUT2D eigenvalue weighted by atomic mass is 35.5. The normalized spacial score (nSPS) is 13.8. The van der Waals surface area contributed by atoms with E-state index in [1.165, 1.54) is 24.3 Å². The molecule has 9 heteroatoms. The van der Waals surface area contributed by atoms with Gasteiger partial charge in [-0.2, -0.15) is 13.2 Å². The first-order valence-electron chi connectivity index (χ1n) is 6.77. The third kappa shape index (κ3) is 2.96. The molecule has 0 saturated carbocycles. The van der Waals surface area contributed by atoms with Crippen molar-refractivity contribution in [2.24, 2.45) is 0 Å². The number of hydroxylamine groups is 2. The first kappa shape index (κ1) is 17.0. The highest BCUT2D eigenvalue weighted by Crippen LogP contribution is 2.32. The average Bonchev–Trinajstić information content (AvgIpc) is 2.79. The van der Waals surface area contributed by atoms with Gasteiger partial charge in [0.25, 0.3) is 11.8 Å². The van der Waals surface area contributed by atoms with Gasteiger partial charge in [-0.15, -0.1) is 0 Å². The van der Waals surface area contributed by atoms with E-state index in [1.54, 1.807) is 0 Å². The van der Waals surface area contributed by atoms with E-state index in [1.807, 2.05) is 0 Å². The van der Waals surface area contributed by atoms with Crippen molar-refractivity contribution in [2.45, 2.75) is 6.18 Å². The summed E-state index contributed by atoms with van der Waals surface area (Å²) in [5.74, 6) is -3.14. The van der Waals surface area contributed by atoms with Gasteiger partial charge in [0, 0.05) is 0 Å². The van der Waals surface area contributed by atoms with E-state index in [-0.39, 0.29) is 21.2 Å². The molecule has 0 bridgehead atoms. The van der Waals surface area contributed by atoms with E-state index >= 15 is 0 Å². The molecule has 1 aliphatic rings. The lowest BCUT2D eigenvalue weighted by Crippen LogP contribution is -2.32. The number of alkyl halides is 3. The van der Waals surface area contributed by atoms with E-state index in [0.29, 0.717) is 12.1 Å². The van der Waals surface area contributed by atoms with E-state index in [9.17, 15) is 27.6 Å². The zero-order valence-electron chi connectivity index (χ0n) is 12.1. The number of carbonyl (C=O) groups is 3. The summed E-state index contributed by atoms with van der Waals surface area (Å²) in [6.07, 6.45) is -4.70. The van der Waals surface area contributed by atoms with Gasteiger partial charge in [0.1, 0.15) is 0 Å².